The van der Waals surface area contributed by atoms with Crippen molar-refractivity contribution < 1.29 is 9.47 Å². The van der Waals surface area contributed by atoms with E-state index in [9.17, 15) is 0 Å². The van der Waals surface area contributed by atoms with E-state index in [1.165, 1.54) is 0 Å². The van der Waals surface area contributed by atoms with Gasteiger partial charge >= 0.3 is 0 Å². The number of likely N-dealkylation sites (N-methyl/N-ethyl adjacent to an activating group) is 1. The largest absolute Gasteiger partial charge is 0.382 e. The fraction of sp³-hybridized carbons (Fsp3) is 0.778. The molecule has 0 aromatic carbocycles. The summed E-state index contributed by atoms with van der Waals surface area (Å²) in [6.45, 7) is 2.67. The van der Waals surface area contributed by atoms with E-state index in [4.69, 9.17) is 9.47 Å². The van der Waals surface area contributed by atoms with Crippen molar-refractivity contribution in [3.63, 3.8) is 0 Å². The van der Waals surface area contributed by atoms with Crippen molar-refractivity contribution in [2.24, 2.45) is 0 Å². The number of aromatic nitrogens is 2. The first kappa shape index (κ1) is 12.5. The average Bonchev–Trinajstić information content (AvgIpc) is 2.69. The summed E-state index contributed by atoms with van der Waals surface area (Å²) in [5.74, 6) is 0. The quantitative estimate of drug-likeness (QED) is 0.659. The first-order valence-electron chi connectivity index (χ1n) is 4.89. The number of nitrogens with zero attached hydrogens (tertiary/aromatic N) is 2. The molecule has 1 aromatic heterocycles. The van der Waals surface area contributed by atoms with Crippen LogP contribution in [0.4, 0.5) is 0 Å². The molecule has 0 saturated carbocycles. The zero-order valence-corrected chi connectivity index (χ0v) is 9.97. The molecule has 86 valence electrons. The Hall–Kier alpha value is -0.560. The Balaban J connectivity index is 2.20. The van der Waals surface area contributed by atoms with Crippen LogP contribution in [-0.2, 0) is 22.5 Å². The predicted octanol–water partition coefficient (Wildman–Crippen LogP) is 0.463. The Morgan fingerprint density at radius 3 is 2.80 bits per heavy atom. The first-order valence-corrected chi connectivity index (χ1v) is 5.71. The summed E-state index contributed by atoms with van der Waals surface area (Å²) in [5.41, 5.74) is 0. The van der Waals surface area contributed by atoms with Gasteiger partial charge in [0.1, 0.15) is 16.6 Å². The summed E-state index contributed by atoms with van der Waals surface area (Å²) in [4.78, 5) is 0. The zero-order chi connectivity index (χ0) is 10.9. The van der Waals surface area contributed by atoms with Crippen LogP contribution in [0, 0.1) is 0 Å². The summed E-state index contributed by atoms with van der Waals surface area (Å²) in [5, 5.41) is 13.2. The van der Waals surface area contributed by atoms with E-state index >= 15 is 0 Å². The van der Waals surface area contributed by atoms with Crippen molar-refractivity contribution in [2.45, 2.75) is 13.0 Å². The molecule has 1 N–H and O–H groups in total. The molecule has 1 heterocycles. The van der Waals surface area contributed by atoms with Crippen LogP contribution in [0.3, 0.4) is 0 Å². The zero-order valence-electron chi connectivity index (χ0n) is 9.15. The monoisotopic (exact) mass is 231 g/mol. The number of hydrogen-bond donors (Lipinski definition) is 1. The first-order chi connectivity index (χ1) is 7.36. The Bertz CT molecular complexity index is 268. The van der Waals surface area contributed by atoms with Gasteiger partial charge in [0.25, 0.3) is 0 Å². The van der Waals surface area contributed by atoms with Gasteiger partial charge in [-0.1, -0.05) is 11.3 Å². The molecular weight excluding hydrogens is 214 g/mol. The van der Waals surface area contributed by atoms with Gasteiger partial charge in [-0.25, -0.2) is 0 Å². The Kier molecular flexibility index (Phi) is 6.42. The van der Waals surface area contributed by atoms with Gasteiger partial charge in [0.05, 0.1) is 13.2 Å². The van der Waals surface area contributed by atoms with Gasteiger partial charge in [-0.05, 0) is 7.05 Å². The molecule has 0 aliphatic rings. The van der Waals surface area contributed by atoms with Crippen molar-refractivity contribution in [2.75, 3.05) is 33.9 Å². The van der Waals surface area contributed by atoms with Crippen LogP contribution >= 0.6 is 11.3 Å². The molecule has 1 aromatic rings. The van der Waals surface area contributed by atoms with Crippen molar-refractivity contribution in [1.29, 1.82) is 0 Å². The Morgan fingerprint density at radius 2 is 2.07 bits per heavy atom. The molecule has 0 aliphatic carbocycles. The van der Waals surface area contributed by atoms with E-state index in [0.29, 0.717) is 19.8 Å². The summed E-state index contributed by atoms with van der Waals surface area (Å²) >= 11 is 1.60. The second-order valence-corrected chi connectivity index (χ2v) is 4.14. The van der Waals surface area contributed by atoms with Crippen LogP contribution in [-0.4, -0.2) is 44.1 Å². The Labute approximate surface area is 93.8 Å². The molecule has 5 nitrogen and oxygen atoms in total. The number of nitrogens with one attached hydrogen (secondary N) is 1. The van der Waals surface area contributed by atoms with E-state index in [2.05, 4.69) is 15.5 Å². The fourth-order valence-electron chi connectivity index (χ4n) is 0.981. The molecule has 0 fully saturated rings. The third-order valence-corrected chi connectivity index (χ3v) is 2.71. The number of methoxy groups -OCH3 is 1. The molecule has 0 atom stereocenters. The molecule has 0 radical (unpaired) electrons. The number of hydrogen-bond acceptors (Lipinski definition) is 6. The average molecular weight is 231 g/mol. The standard InChI is InChI=1S/C9H17N3O2S/c1-10-4-3-8-11-12-9(15-8)7-14-6-5-13-2/h10H,3-7H2,1-2H3. The van der Waals surface area contributed by atoms with Crippen molar-refractivity contribution in [1.82, 2.24) is 15.5 Å². The summed E-state index contributed by atoms with van der Waals surface area (Å²) in [7, 11) is 3.58. The predicted molar refractivity (Wildman–Crippen MR) is 59.1 cm³/mol. The van der Waals surface area contributed by atoms with Gasteiger partial charge in [0.15, 0.2) is 0 Å². The molecule has 0 spiro atoms. The van der Waals surface area contributed by atoms with Gasteiger partial charge in [-0.3, -0.25) is 0 Å². The van der Waals surface area contributed by atoms with Crippen LogP contribution < -0.4 is 5.32 Å². The lowest BCUT2D eigenvalue weighted by molar-refractivity contribution is 0.0613. The lowest BCUT2D eigenvalue weighted by Gasteiger charge is -1.98. The highest BCUT2D eigenvalue weighted by molar-refractivity contribution is 7.11. The Morgan fingerprint density at radius 1 is 1.27 bits per heavy atom. The summed E-state index contributed by atoms with van der Waals surface area (Å²) in [6.07, 6.45) is 0.923. The van der Waals surface area contributed by atoms with Crippen LogP contribution in [0.5, 0.6) is 0 Å². The third-order valence-electron chi connectivity index (χ3n) is 1.75. The van der Waals surface area contributed by atoms with Crippen LogP contribution in [0.25, 0.3) is 0 Å². The maximum atomic E-state index is 5.35. The van der Waals surface area contributed by atoms with Gasteiger partial charge in [0, 0.05) is 20.1 Å². The van der Waals surface area contributed by atoms with Crippen LogP contribution in [0.1, 0.15) is 10.0 Å². The molecule has 0 unspecified atom stereocenters. The highest BCUT2D eigenvalue weighted by atomic mass is 32.1. The maximum Gasteiger partial charge on any atom is 0.143 e. The van der Waals surface area contributed by atoms with Crippen LogP contribution in [0.15, 0.2) is 0 Å². The van der Waals surface area contributed by atoms with Crippen molar-refractivity contribution in [3.05, 3.63) is 10.0 Å². The molecule has 0 aliphatic heterocycles. The third kappa shape index (κ3) is 5.17. The number of ether oxygens (including phenoxy) is 2. The minimum Gasteiger partial charge on any atom is -0.382 e. The fourth-order valence-corrected chi connectivity index (χ4v) is 1.76. The number of rotatable bonds is 8. The summed E-state index contributed by atoms with van der Waals surface area (Å²) < 4.78 is 10.2. The SMILES string of the molecule is CNCCc1nnc(COCCOC)s1. The second kappa shape index (κ2) is 7.70. The van der Waals surface area contributed by atoms with Gasteiger partial charge in [-0.15, -0.1) is 10.2 Å². The van der Waals surface area contributed by atoms with Gasteiger partial charge < -0.3 is 14.8 Å². The van der Waals surface area contributed by atoms with Crippen molar-refractivity contribution in [3.8, 4) is 0 Å². The minimum absolute atomic E-state index is 0.528. The highest BCUT2D eigenvalue weighted by Gasteiger charge is 2.03. The summed E-state index contributed by atoms with van der Waals surface area (Å²) in [6, 6.07) is 0. The maximum absolute atomic E-state index is 5.35. The lowest BCUT2D eigenvalue weighted by atomic mass is 10.4. The molecular formula is C9H17N3O2S. The van der Waals surface area contributed by atoms with E-state index in [-0.39, 0.29) is 0 Å². The molecule has 0 bridgehead atoms. The van der Waals surface area contributed by atoms with Crippen molar-refractivity contribution >= 4 is 11.3 Å². The molecule has 0 saturated heterocycles. The molecule has 0 amide bonds. The van der Waals surface area contributed by atoms with E-state index in [0.717, 1.165) is 23.0 Å². The molecule has 6 heteroatoms. The van der Waals surface area contributed by atoms with Gasteiger partial charge in [0.2, 0.25) is 0 Å². The lowest BCUT2D eigenvalue weighted by Crippen LogP contribution is -2.09. The topological polar surface area (TPSA) is 56.3 Å². The van der Waals surface area contributed by atoms with E-state index in [1.807, 2.05) is 7.05 Å². The van der Waals surface area contributed by atoms with Gasteiger partial charge in [-0.2, -0.15) is 0 Å². The van der Waals surface area contributed by atoms with E-state index in [1.54, 1.807) is 18.4 Å². The minimum atomic E-state index is 0.528. The molecule has 15 heavy (non-hydrogen) atoms. The van der Waals surface area contributed by atoms with Crippen LogP contribution in [0.2, 0.25) is 0 Å². The molecule has 1 rings (SSSR count). The highest BCUT2D eigenvalue weighted by Crippen LogP contribution is 2.10. The normalized spacial score (nSPS) is 10.8. The second-order valence-electron chi connectivity index (χ2n) is 2.99. The van der Waals surface area contributed by atoms with E-state index < -0.39 is 0 Å². The smallest absolute Gasteiger partial charge is 0.143 e.